The second-order valence-electron chi connectivity index (χ2n) is 10.3. The third-order valence-electron chi connectivity index (χ3n) is 7.15. The number of carboxylic acid groups (broad SMARTS) is 1. The van der Waals surface area contributed by atoms with Crippen LogP contribution in [0, 0.1) is 12.3 Å². The molecule has 1 aliphatic heterocycles. The van der Waals surface area contributed by atoms with Gasteiger partial charge in [0.15, 0.2) is 0 Å². The first kappa shape index (κ1) is 29.4. The van der Waals surface area contributed by atoms with Crippen molar-refractivity contribution in [3.63, 3.8) is 0 Å². The van der Waals surface area contributed by atoms with E-state index in [0.29, 0.717) is 34.4 Å². The molecule has 2 aromatic carbocycles. The van der Waals surface area contributed by atoms with Gasteiger partial charge in [-0.2, -0.15) is 0 Å². The van der Waals surface area contributed by atoms with E-state index < -0.39 is 11.4 Å². The molecule has 3 amide bonds. The Labute approximate surface area is 244 Å². The van der Waals surface area contributed by atoms with E-state index in [0.717, 1.165) is 11.1 Å². The van der Waals surface area contributed by atoms with Gasteiger partial charge in [-0.3, -0.25) is 19.5 Å². The zero-order chi connectivity index (χ0) is 28.9. The summed E-state index contributed by atoms with van der Waals surface area (Å²) in [5.41, 5.74) is 2.21. The summed E-state index contributed by atoms with van der Waals surface area (Å²) in [6.45, 7) is 4.98. The number of benzene rings is 2. The first-order valence-corrected chi connectivity index (χ1v) is 13.8. The number of halogens is 2. The van der Waals surface area contributed by atoms with Crippen LogP contribution in [0.3, 0.4) is 0 Å². The summed E-state index contributed by atoms with van der Waals surface area (Å²) in [7, 11) is 0. The summed E-state index contributed by atoms with van der Waals surface area (Å²) >= 11 is 12.5. The molecule has 3 aromatic rings. The number of hydrogen-bond donors (Lipinski definition) is 1. The lowest BCUT2D eigenvalue weighted by atomic mass is 9.77. The van der Waals surface area contributed by atoms with E-state index in [2.05, 4.69) is 4.98 Å². The van der Waals surface area contributed by atoms with Crippen LogP contribution in [0.25, 0.3) is 0 Å². The Bertz CT molecular complexity index is 1370. The Hall–Kier alpha value is -3.62. The van der Waals surface area contributed by atoms with Crippen molar-refractivity contribution in [2.75, 3.05) is 24.5 Å². The quantitative estimate of drug-likeness (QED) is 0.314. The molecule has 40 heavy (non-hydrogen) atoms. The first-order valence-electron chi connectivity index (χ1n) is 13.0. The lowest BCUT2D eigenvalue weighted by molar-refractivity contribution is -0.142. The fraction of sp³-hybridized carbons (Fsp3) is 0.333. The van der Waals surface area contributed by atoms with Gasteiger partial charge in [0.2, 0.25) is 5.91 Å². The maximum absolute atomic E-state index is 13.8. The summed E-state index contributed by atoms with van der Waals surface area (Å²) in [5, 5.41) is 10.9. The molecule has 2 heterocycles. The minimum atomic E-state index is -1.05. The van der Waals surface area contributed by atoms with E-state index in [1.54, 1.807) is 45.3 Å². The molecular formula is C30H32Cl2N4O4. The van der Waals surface area contributed by atoms with Gasteiger partial charge in [-0.05, 0) is 61.4 Å². The molecule has 210 valence electrons. The SMILES string of the molecule is CCN(Cc1ccncc1)C(=O)CC1(CC(=O)O)CN(Cc2ccc(Cl)cc2Cl)C(=O)N(c2ccc(C)cc2)C1. The van der Waals surface area contributed by atoms with E-state index >= 15 is 0 Å². The third kappa shape index (κ3) is 7.11. The number of carbonyl (C=O) groups is 3. The highest BCUT2D eigenvalue weighted by Gasteiger charge is 2.46. The Morgan fingerprint density at radius 1 is 1.02 bits per heavy atom. The summed E-state index contributed by atoms with van der Waals surface area (Å²) in [4.78, 5) is 48.6. The van der Waals surface area contributed by atoms with Crippen molar-refractivity contribution in [1.29, 1.82) is 0 Å². The summed E-state index contributed by atoms with van der Waals surface area (Å²) < 4.78 is 0. The molecule has 0 bridgehead atoms. The predicted molar refractivity (Wildman–Crippen MR) is 155 cm³/mol. The fourth-order valence-corrected chi connectivity index (χ4v) is 5.59. The van der Waals surface area contributed by atoms with Crippen LogP contribution in [0.5, 0.6) is 0 Å². The maximum atomic E-state index is 13.8. The first-order chi connectivity index (χ1) is 19.1. The molecule has 1 fully saturated rings. The molecule has 8 nitrogen and oxygen atoms in total. The Morgan fingerprint density at radius 3 is 2.35 bits per heavy atom. The molecule has 0 spiro atoms. The maximum Gasteiger partial charge on any atom is 0.324 e. The van der Waals surface area contributed by atoms with Crippen molar-refractivity contribution >= 4 is 46.8 Å². The minimum absolute atomic E-state index is 0.0429. The van der Waals surface area contributed by atoms with Crippen LogP contribution in [-0.2, 0) is 22.7 Å². The number of hydrogen-bond acceptors (Lipinski definition) is 4. The van der Waals surface area contributed by atoms with Gasteiger partial charge in [0.25, 0.3) is 0 Å². The van der Waals surface area contributed by atoms with Gasteiger partial charge >= 0.3 is 12.0 Å². The average Bonchev–Trinajstić information content (AvgIpc) is 2.91. The minimum Gasteiger partial charge on any atom is -0.481 e. The van der Waals surface area contributed by atoms with E-state index in [1.807, 2.05) is 50.2 Å². The molecule has 1 aromatic heterocycles. The summed E-state index contributed by atoms with van der Waals surface area (Å²) in [6.07, 6.45) is 3.02. The molecule has 1 unspecified atom stereocenters. The highest BCUT2D eigenvalue weighted by atomic mass is 35.5. The molecule has 0 aliphatic carbocycles. The van der Waals surface area contributed by atoms with Crippen molar-refractivity contribution in [2.24, 2.45) is 5.41 Å². The third-order valence-corrected chi connectivity index (χ3v) is 7.74. The molecule has 1 atom stereocenters. The molecule has 4 rings (SSSR count). The molecular weight excluding hydrogens is 551 g/mol. The topological polar surface area (TPSA) is 94.0 Å². The number of amides is 3. The van der Waals surface area contributed by atoms with Crippen molar-refractivity contribution in [3.05, 3.63) is 93.7 Å². The Morgan fingerprint density at radius 2 is 1.73 bits per heavy atom. The highest BCUT2D eigenvalue weighted by Crippen LogP contribution is 2.38. The van der Waals surface area contributed by atoms with Crippen LogP contribution in [0.15, 0.2) is 67.0 Å². The van der Waals surface area contributed by atoms with Crippen molar-refractivity contribution in [2.45, 2.75) is 39.8 Å². The smallest absolute Gasteiger partial charge is 0.324 e. The van der Waals surface area contributed by atoms with Crippen LogP contribution >= 0.6 is 23.2 Å². The number of nitrogens with zero attached hydrogens (tertiary/aromatic N) is 4. The second kappa shape index (κ2) is 12.7. The van der Waals surface area contributed by atoms with Gasteiger partial charge in [0, 0.05) is 72.7 Å². The van der Waals surface area contributed by atoms with Crippen LogP contribution in [0.1, 0.15) is 36.5 Å². The number of aromatic nitrogens is 1. The van der Waals surface area contributed by atoms with Crippen LogP contribution in [0.2, 0.25) is 10.0 Å². The number of anilines is 1. The van der Waals surface area contributed by atoms with E-state index in [1.165, 1.54) is 0 Å². The van der Waals surface area contributed by atoms with E-state index in [-0.39, 0.29) is 44.4 Å². The number of pyridine rings is 1. The Kier molecular flexibility index (Phi) is 9.32. The van der Waals surface area contributed by atoms with Gasteiger partial charge in [-0.1, -0.05) is 47.0 Å². The number of rotatable bonds is 10. The summed E-state index contributed by atoms with van der Waals surface area (Å²) in [5.74, 6) is -1.21. The van der Waals surface area contributed by atoms with Crippen molar-refractivity contribution < 1.29 is 19.5 Å². The monoisotopic (exact) mass is 582 g/mol. The number of carbonyl (C=O) groups excluding carboxylic acids is 2. The van der Waals surface area contributed by atoms with Gasteiger partial charge in [-0.15, -0.1) is 0 Å². The van der Waals surface area contributed by atoms with Gasteiger partial charge in [0.1, 0.15) is 0 Å². The number of aliphatic carboxylic acids is 1. The van der Waals surface area contributed by atoms with Crippen molar-refractivity contribution in [3.8, 4) is 0 Å². The van der Waals surface area contributed by atoms with E-state index in [4.69, 9.17) is 23.2 Å². The number of carboxylic acids is 1. The molecule has 1 aliphatic rings. The molecule has 0 radical (unpaired) electrons. The predicted octanol–water partition coefficient (Wildman–Crippen LogP) is 6.04. The van der Waals surface area contributed by atoms with Gasteiger partial charge < -0.3 is 14.9 Å². The molecule has 0 saturated carbocycles. The normalized spacial score (nSPS) is 17.1. The van der Waals surface area contributed by atoms with Crippen LogP contribution in [0.4, 0.5) is 10.5 Å². The molecule has 1 N–H and O–H groups in total. The highest BCUT2D eigenvalue weighted by molar-refractivity contribution is 6.35. The van der Waals surface area contributed by atoms with Gasteiger partial charge in [0.05, 0.1) is 6.42 Å². The fourth-order valence-electron chi connectivity index (χ4n) is 5.13. The Balaban J connectivity index is 1.70. The largest absolute Gasteiger partial charge is 0.481 e. The average molecular weight is 584 g/mol. The van der Waals surface area contributed by atoms with Crippen LogP contribution in [-0.4, -0.2) is 57.4 Å². The summed E-state index contributed by atoms with van der Waals surface area (Å²) in [6, 6.07) is 15.9. The van der Waals surface area contributed by atoms with Crippen molar-refractivity contribution in [1.82, 2.24) is 14.8 Å². The van der Waals surface area contributed by atoms with Crippen LogP contribution < -0.4 is 4.90 Å². The second-order valence-corrected chi connectivity index (χ2v) is 11.2. The van der Waals surface area contributed by atoms with Gasteiger partial charge in [-0.25, -0.2) is 4.79 Å². The lowest BCUT2D eigenvalue weighted by Gasteiger charge is -2.47. The zero-order valence-electron chi connectivity index (χ0n) is 22.5. The molecule has 1 saturated heterocycles. The number of urea groups is 1. The molecule has 10 heteroatoms. The zero-order valence-corrected chi connectivity index (χ0v) is 24.0. The lowest BCUT2D eigenvalue weighted by Crippen LogP contribution is -2.60. The standard InChI is InChI=1S/C30H32Cl2N4O4/c1-3-34(17-22-10-12-33-13-11-22)27(37)15-30(16-28(38)39)19-35(18-23-6-7-24(31)14-26(23)32)29(40)36(20-30)25-8-4-21(2)5-9-25/h4-14H,3,15-20H2,1-2H3,(H,38,39). The number of aryl methyl sites for hydroxylation is 1. The van der Waals surface area contributed by atoms with E-state index in [9.17, 15) is 19.5 Å².